The number of hydrogen-bond acceptors (Lipinski definition) is 5. The molecule has 1 N–H and O–H groups in total. The van der Waals surface area contributed by atoms with Crippen molar-refractivity contribution < 1.29 is 18.7 Å². The number of nitrogens with one attached hydrogen (secondary N) is 1. The summed E-state index contributed by atoms with van der Waals surface area (Å²) in [6.45, 7) is 1.29. The number of thiazole rings is 1. The highest BCUT2D eigenvalue weighted by atomic mass is 32.1. The predicted octanol–water partition coefficient (Wildman–Crippen LogP) is 2.17. The molecule has 1 aliphatic rings. The molecule has 0 atom stereocenters. The van der Waals surface area contributed by atoms with Crippen LogP contribution in [0.25, 0.3) is 16.2 Å². The first kappa shape index (κ1) is 17.5. The molecule has 3 heterocycles. The number of halogens is 1. The van der Waals surface area contributed by atoms with Crippen LogP contribution in [-0.4, -0.2) is 52.8 Å². The molecule has 140 valence electrons. The van der Waals surface area contributed by atoms with Gasteiger partial charge >= 0.3 is 0 Å². The highest BCUT2D eigenvalue weighted by Crippen LogP contribution is 2.27. The van der Waals surface area contributed by atoms with Crippen LogP contribution in [0, 0.1) is 5.82 Å². The molecular weight excluding hydrogens is 371 g/mol. The van der Waals surface area contributed by atoms with Gasteiger partial charge in [0.15, 0.2) is 16.5 Å². The third-order valence-corrected chi connectivity index (χ3v) is 5.32. The number of carbonyl (C=O) groups is 2. The number of ether oxygens (including phenoxy) is 1. The molecule has 0 saturated carbocycles. The van der Waals surface area contributed by atoms with E-state index >= 15 is 0 Å². The van der Waals surface area contributed by atoms with Gasteiger partial charge in [0, 0.05) is 43.2 Å². The van der Waals surface area contributed by atoms with Crippen LogP contribution in [0.4, 0.5) is 4.39 Å². The summed E-state index contributed by atoms with van der Waals surface area (Å²) < 4.78 is 20.6. The number of hydrogen-bond donors (Lipinski definition) is 1. The minimum absolute atomic E-state index is 0.0489. The molecule has 0 aliphatic carbocycles. The van der Waals surface area contributed by atoms with E-state index in [2.05, 4.69) is 10.3 Å². The Hall–Kier alpha value is -2.94. The van der Waals surface area contributed by atoms with E-state index in [1.165, 1.54) is 24.5 Å². The molecule has 0 bridgehead atoms. The minimum Gasteiger partial charge on any atom is -0.494 e. The third-order valence-electron chi connectivity index (χ3n) is 4.48. The van der Waals surface area contributed by atoms with Gasteiger partial charge in [-0.05, 0) is 18.2 Å². The SMILES string of the molecule is COc1ccc(-c2cn3c(C(=O)N4CCNC(=O)CC4)csc3n2)cc1F. The fraction of sp³-hybridized carbons (Fsp3) is 0.278. The molecule has 0 radical (unpaired) electrons. The lowest BCUT2D eigenvalue weighted by Gasteiger charge is -2.18. The summed E-state index contributed by atoms with van der Waals surface area (Å²) in [4.78, 5) is 31.2. The molecule has 0 spiro atoms. The third kappa shape index (κ3) is 3.25. The van der Waals surface area contributed by atoms with Crippen molar-refractivity contribution >= 4 is 28.1 Å². The van der Waals surface area contributed by atoms with Crippen molar-refractivity contribution in [2.24, 2.45) is 0 Å². The zero-order valence-electron chi connectivity index (χ0n) is 14.6. The van der Waals surface area contributed by atoms with Crippen LogP contribution in [0.5, 0.6) is 5.75 Å². The average molecular weight is 388 g/mol. The topological polar surface area (TPSA) is 75.9 Å². The maximum atomic E-state index is 14.0. The predicted molar refractivity (Wildman–Crippen MR) is 98.5 cm³/mol. The number of carbonyl (C=O) groups excluding carboxylic acids is 2. The first-order chi connectivity index (χ1) is 13.1. The summed E-state index contributed by atoms with van der Waals surface area (Å²) in [7, 11) is 1.41. The second-order valence-electron chi connectivity index (χ2n) is 6.14. The molecule has 27 heavy (non-hydrogen) atoms. The van der Waals surface area contributed by atoms with Gasteiger partial charge in [0.25, 0.3) is 5.91 Å². The number of imidazole rings is 1. The molecule has 2 aromatic heterocycles. The van der Waals surface area contributed by atoms with Gasteiger partial charge in [-0.15, -0.1) is 11.3 Å². The monoisotopic (exact) mass is 388 g/mol. The molecule has 0 unspecified atom stereocenters. The lowest BCUT2D eigenvalue weighted by molar-refractivity contribution is -0.120. The Morgan fingerprint density at radius 2 is 2.22 bits per heavy atom. The maximum Gasteiger partial charge on any atom is 0.271 e. The number of fused-ring (bicyclic) bond motifs is 1. The van der Waals surface area contributed by atoms with Gasteiger partial charge in [0.05, 0.1) is 12.8 Å². The molecule has 2 amide bonds. The molecule has 1 fully saturated rings. The fourth-order valence-corrected chi connectivity index (χ4v) is 3.88. The zero-order chi connectivity index (χ0) is 19.0. The van der Waals surface area contributed by atoms with E-state index in [1.54, 1.807) is 33.0 Å². The molecule has 7 nitrogen and oxygen atoms in total. The normalized spacial score (nSPS) is 14.9. The van der Waals surface area contributed by atoms with Gasteiger partial charge in [0.1, 0.15) is 5.69 Å². The van der Waals surface area contributed by atoms with E-state index in [-0.39, 0.29) is 17.6 Å². The largest absolute Gasteiger partial charge is 0.494 e. The van der Waals surface area contributed by atoms with Crippen LogP contribution in [0.2, 0.25) is 0 Å². The van der Waals surface area contributed by atoms with Crippen molar-refractivity contribution in [2.45, 2.75) is 6.42 Å². The van der Waals surface area contributed by atoms with Gasteiger partial charge in [0.2, 0.25) is 5.91 Å². The van der Waals surface area contributed by atoms with Gasteiger partial charge in [-0.3, -0.25) is 14.0 Å². The Kier molecular flexibility index (Phi) is 4.53. The number of benzene rings is 1. The van der Waals surface area contributed by atoms with Crippen LogP contribution in [-0.2, 0) is 4.79 Å². The second kappa shape index (κ2) is 6.99. The Labute approximate surface area is 158 Å². The van der Waals surface area contributed by atoms with Crippen LogP contribution in [0.1, 0.15) is 16.9 Å². The number of methoxy groups -OCH3 is 1. The summed E-state index contributed by atoms with van der Waals surface area (Å²) >= 11 is 1.34. The Morgan fingerprint density at radius 1 is 1.37 bits per heavy atom. The second-order valence-corrected chi connectivity index (χ2v) is 6.98. The van der Waals surface area contributed by atoms with E-state index in [9.17, 15) is 14.0 Å². The molecule has 9 heteroatoms. The molecular formula is C18H17FN4O3S. The number of amides is 2. The van der Waals surface area contributed by atoms with Gasteiger partial charge in [-0.2, -0.15) is 0 Å². The first-order valence-electron chi connectivity index (χ1n) is 8.43. The molecule has 3 aromatic rings. The van der Waals surface area contributed by atoms with Crippen molar-refractivity contribution in [3.63, 3.8) is 0 Å². The number of nitrogens with zero attached hydrogens (tertiary/aromatic N) is 3. The summed E-state index contributed by atoms with van der Waals surface area (Å²) in [5, 5.41) is 4.51. The van der Waals surface area contributed by atoms with Crippen LogP contribution >= 0.6 is 11.3 Å². The van der Waals surface area contributed by atoms with Crippen molar-refractivity contribution in [3.05, 3.63) is 41.3 Å². The van der Waals surface area contributed by atoms with E-state index in [0.717, 1.165) is 0 Å². The molecule has 4 rings (SSSR count). The molecule has 1 aliphatic heterocycles. The molecule has 1 aromatic carbocycles. The Bertz CT molecular complexity index is 1030. The quantitative estimate of drug-likeness (QED) is 0.746. The summed E-state index contributed by atoms with van der Waals surface area (Å²) in [6.07, 6.45) is 2.01. The summed E-state index contributed by atoms with van der Waals surface area (Å²) in [5.41, 5.74) is 1.66. The smallest absolute Gasteiger partial charge is 0.271 e. The van der Waals surface area contributed by atoms with Gasteiger partial charge in [-0.1, -0.05) is 0 Å². The number of rotatable bonds is 3. The van der Waals surface area contributed by atoms with E-state index in [4.69, 9.17) is 4.74 Å². The van der Waals surface area contributed by atoms with Crippen LogP contribution in [0.3, 0.4) is 0 Å². The van der Waals surface area contributed by atoms with Crippen LogP contribution in [0.15, 0.2) is 29.8 Å². The highest BCUT2D eigenvalue weighted by molar-refractivity contribution is 7.15. The lowest BCUT2D eigenvalue weighted by Crippen LogP contribution is -2.34. The van der Waals surface area contributed by atoms with Crippen molar-refractivity contribution in [1.29, 1.82) is 0 Å². The van der Waals surface area contributed by atoms with Crippen molar-refractivity contribution in [3.8, 4) is 17.0 Å². The van der Waals surface area contributed by atoms with Crippen LogP contribution < -0.4 is 10.1 Å². The lowest BCUT2D eigenvalue weighted by atomic mass is 10.1. The van der Waals surface area contributed by atoms with Crippen molar-refractivity contribution in [2.75, 3.05) is 26.7 Å². The maximum absolute atomic E-state index is 14.0. The Morgan fingerprint density at radius 3 is 3.00 bits per heavy atom. The summed E-state index contributed by atoms with van der Waals surface area (Å²) in [6, 6.07) is 4.63. The molecule has 1 saturated heterocycles. The highest BCUT2D eigenvalue weighted by Gasteiger charge is 2.23. The summed E-state index contributed by atoms with van der Waals surface area (Å²) in [5.74, 6) is -0.501. The van der Waals surface area contributed by atoms with E-state index < -0.39 is 5.82 Å². The van der Waals surface area contributed by atoms with Gasteiger partial charge in [-0.25, -0.2) is 9.37 Å². The van der Waals surface area contributed by atoms with Gasteiger partial charge < -0.3 is 15.0 Å². The minimum atomic E-state index is -0.468. The average Bonchev–Trinajstić information content (AvgIpc) is 3.17. The van der Waals surface area contributed by atoms with E-state index in [1.807, 2.05) is 0 Å². The standard InChI is InChI=1S/C18H17FN4O3S/c1-26-15-3-2-11(8-12(15)19)13-9-23-14(10-27-18(23)21-13)17(25)22-6-4-16(24)20-5-7-22/h2-3,8-10H,4-7H2,1H3,(H,20,24). The zero-order valence-corrected chi connectivity index (χ0v) is 15.4. The first-order valence-corrected chi connectivity index (χ1v) is 9.31. The Balaban J connectivity index is 1.65. The van der Waals surface area contributed by atoms with E-state index in [0.29, 0.717) is 48.0 Å². The number of aromatic nitrogens is 2. The van der Waals surface area contributed by atoms with Crippen molar-refractivity contribution in [1.82, 2.24) is 19.6 Å². The fourth-order valence-electron chi connectivity index (χ4n) is 3.03.